The van der Waals surface area contributed by atoms with Gasteiger partial charge in [0.2, 0.25) is 0 Å². The minimum absolute atomic E-state index is 0.0755. The van der Waals surface area contributed by atoms with Crippen molar-refractivity contribution < 1.29 is 0 Å². The molecule has 1 nitrogen and oxygen atoms in total. The maximum atomic E-state index is 2.67. The predicted octanol–water partition coefficient (Wildman–Crippen LogP) is 10.2. The summed E-state index contributed by atoms with van der Waals surface area (Å²) in [5.74, 6) is 0. The molecular weight excluding hydrogens is 621 g/mol. The van der Waals surface area contributed by atoms with Crippen molar-refractivity contribution in [2.24, 2.45) is 0 Å². The Labute approximate surface area is 300 Å². The van der Waals surface area contributed by atoms with Crippen molar-refractivity contribution in [3.63, 3.8) is 0 Å². The molecule has 7 aromatic rings. The predicted molar refractivity (Wildman–Crippen MR) is 215 cm³/mol. The van der Waals surface area contributed by atoms with Crippen LogP contribution in [0.15, 0.2) is 140 Å². The van der Waals surface area contributed by atoms with Crippen LogP contribution in [0, 0.1) is 6.92 Å². The Morgan fingerprint density at radius 3 is 1.88 bits per heavy atom. The maximum absolute atomic E-state index is 2.67. The van der Waals surface area contributed by atoms with Crippen molar-refractivity contribution in [3.05, 3.63) is 178 Å². The number of benzene rings is 6. The van der Waals surface area contributed by atoms with Gasteiger partial charge in [-0.3, -0.25) is 0 Å². The van der Waals surface area contributed by atoms with E-state index < -0.39 is 5.41 Å². The normalized spacial score (nSPS) is 17.2. The van der Waals surface area contributed by atoms with Gasteiger partial charge in [0, 0.05) is 26.2 Å². The Kier molecular flexibility index (Phi) is 6.21. The van der Waals surface area contributed by atoms with Crippen molar-refractivity contribution >= 4 is 60.9 Å². The first-order valence-electron chi connectivity index (χ1n) is 18.0. The van der Waals surface area contributed by atoms with Crippen LogP contribution in [0.4, 0.5) is 17.1 Å². The Balaban J connectivity index is 1.43. The smallest absolute Gasteiger partial charge is 0.260 e. The van der Waals surface area contributed by atoms with Gasteiger partial charge in [-0.05, 0) is 93.3 Å². The molecular formula is C47H40BNS. The summed E-state index contributed by atoms with van der Waals surface area (Å²) in [6, 6.07) is 53.2. The molecule has 0 unspecified atom stereocenters. The molecule has 0 saturated heterocycles. The molecule has 1 aromatic heterocycles. The molecule has 50 heavy (non-hydrogen) atoms. The van der Waals surface area contributed by atoms with Gasteiger partial charge in [-0.2, -0.15) is 0 Å². The van der Waals surface area contributed by atoms with Gasteiger partial charge >= 0.3 is 0 Å². The molecule has 0 fully saturated rings. The molecule has 2 aliphatic heterocycles. The monoisotopic (exact) mass is 661 g/mol. The fraction of sp³-hybridized carbons (Fsp3) is 0.191. The van der Waals surface area contributed by atoms with Crippen LogP contribution in [0.25, 0.3) is 10.1 Å². The van der Waals surface area contributed by atoms with E-state index in [-0.39, 0.29) is 17.5 Å². The molecule has 0 bridgehead atoms. The van der Waals surface area contributed by atoms with Crippen LogP contribution in [0.2, 0.25) is 0 Å². The molecule has 0 radical (unpaired) electrons. The molecule has 3 heteroatoms. The van der Waals surface area contributed by atoms with Crippen molar-refractivity contribution in [1.82, 2.24) is 0 Å². The number of para-hydroxylation sites is 1. The van der Waals surface area contributed by atoms with E-state index in [1.54, 1.807) is 0 Å². The third-order valence-corrected chi connectivity index (χ3v) is 13.2. The van der Waals surface area contributed by atoms with Crippen molar-refractivity contribution in [1.29, 1.82) is 0 Å². The van der Waals surface area contributed by atoms with Gasteiger partial charge in [0.1, 0.15) is 0 Å². The second-order valence-corrected chi connectivity index (χ2v) is 17.2. The highest BCUT2D eigenvalue weighted by Crippen LogP contribution is 2.55. The van der Waals surface area contributed by atoms with E-state index in [4.69, 9.17) is 0 Å². The Morgan fingerprint density at radius 2 is 1.22 bits per heavy atom. The highest BCUT2D eigenvalue weighted by molar-refractivity contribution is 7.33. The van der Waals surface area contributed by atoms with Crippen LogP contribution in [-0.2, 0) is 16.2 Å². The molecule has 3 heterocycles. The van der Waals surface area contributed by atoms with Crippen molar-refractivity contribution in [3.8, 4) is 0 Å². The van der Waals surface area contributed by atoms with Gasteiger partial charge in [0.05, 0.1) is 11.1 Å². The molecule has 0 saturated carbocycles. The lowest BCUT2D eigenvalue weighted by Gasteiger charge is -2.48. The summed E-state index contributed by atoms with van der Waals surface area (Å²) < 4.78 is 2.79. The second kappa shape index (κ2) is 10.3. The first-order valence-corrected chi connectivity index (χ1v) is 18.8. The number of nitrogens with zero attached hydrogens (tertiary/aromatic N) is 1. The molecule has 0 N–H and O–H groups in total. The Morgan fingerprint density at radius 1 is 0.600 bits per heavy atom. The lowest BCUT2D eigenvalue weighted by atomic mass is 9.31. The first kappa shape index (κ1) is 30.0. The molecule has 242 valence electrons. The number of thiophene rings is 1. The van der Waals surface area contributed by atoms with Crippen LogP contribution in [0.5, 0.6) is 0 Å². The first-order chi connectivity index (χ1) is 24.2. The van der Waals surface area contributed by atoms with Gasteiger partial charge in [-0.1, -0.05) is 148 Å². The summed E-state index contributed by atoms with van der Waals surface area (Å²) in [7, 11) is 0. The average Bonchev–Trinajstić information content (AvgIpc) is 3.58. The zero-order valence-corrected chi connectivity index (χ0v) is 30.2. The minimum Gasteiger partial charge on any atom is -0.310 e. The van der Waals surface area contributed by atoms with Crippen LogP contribution in [0.3, 0.4) is 0 Å². The van der Waals surface area contributed by atoms with Gasteiger partial charge in [0.15, 0.2) is 0 Å². The fourth-order valence-corrected chi connectivity index (χ4v) is 11.6. The van der Waals surface area contributed by atoms with E-state index in [1.807, 2.05) is 11.3 Å². The summed E-state index contributed by atoms with van der Waals surface area (Å²) >= 11 is 1.99. The van der Waals surface area contributed by atoms with E-state index >= 15 is 0 Å². The summed E-state index contributed by atoms with van der Waals surface area (Å²) in [5, 5.41) is 1.34. The minimum atomic E-state index is -0.495. The molecule has 0 atom stereocenters. The topological polar surface area (TPSA) is 3.24 Å². The number of fused-ring (bicyclic) bond motifs is 7. The summed E-state index contributed by atoms with van der Waals surface area (Å²) in [6.07, 6.45) is 1.14. The third-order valence-electron chi connectivity index (χ3n) is 12.0. The van der Waals surface area contributed by atoms with E-state index in [1.165, 1.54) is 81.8 Å². The third kappa shape index (κ3) is 3.90. The van der Waals surface area contributed by atoms with E-state index in [2.05, 4.69) is 179 Å². The number of hydrogen-bond donors (Lipinski definition) is 0. The van der Waals surface area contributed by atoms with E-state index in [0.29, 0.717) is 0 Å². The fourth-order valence-electron chi connectivity index (χ4n) is 10.3. The van der Waals surface area contributed by atoms with E-state index in [9.17, 15) is 0 Å². The Hall–Kier alpha value is -4.86. The highest BCUT2D eigenvalue weighted by atomic mass is 32.1. The second-order valence-electron chi connectivity index (χ2n) is 16.1. The average molecular weight is 662 g/mol. The standard InChI is InChI=1S/C47H40BNS/c1-30-24-25-41-34(26-30)43-44(50-41)48-39-28-37-36(45(2,3)29-46(37,4)5)27-38(39)47(31-16-9-6-10-17-31,32-18-11-7-12-19-32)35-22-15-23-40(42(35)48)49(43)33-20-13-8-14-21-33/h6-28H,29H2,1-5H3. The van der Waals surface area contributed by atoms with E-state index in [0.717, 1.165) is 6.42 Å². The van der Waals surface area contributed by atoms with Crippen LogP contribution < -0.4 is 20.6 Å². The van der Waals surface area contributed by atoms with Gasteiger partial charge in [0.25, 0.3) is 6.71 Å². The number of hydrogen-bond acceptors (Lipinski definition) is 2. The van der Waals surface area contributed by atoms with Crippen molar-refractivity contribution in [2.75, 3.05) is 4.90 Å². The summed E-state index contributed by atoms with van der Waals surface area (Å²) in [6.45, 7) is 12.2. The van der Waals surface area contributed by atoms with Gasteiger partial charge in [-0.25, -0.2) is 0 Å². The van der Waals surface area contributed by atoms with Crippen LogP contribution in [0.1, 0.15) is 73.1 Å². The van der Waals surface area contributed by atoms with Crippen LogP contribution >= 0.6 is 11.3 Å². The molecule has 0 amide bonds. The van der Waals surface area contributed by atoms with Crippen LogP contribution in [-0.4, -0.2) is 6.71 Å². The number of rotatable bonds is 3. The zero-order chi connectivity index (χ0) is 34.0. The lowest BCUT2D eigenvalue weighted by molar-refractivity contribution is 0.403. The highest BCUT2D eigenvalue weighted by Gasteiger charge is 2.54. The SMILES string of the molecule is Cc1ccc2sc3c(c2c1)N(c1ccccc1)c1cccc2c1B3c1cc3c(cc1C2(c1ccccc1)c1ccccc1)C(C)(C)CC3(C)C. The number of aryl methyl sites for hydroxylation is 1. The Bertz CT molecular complexity index is 2440. The number of anilines is 3. The molecule has 10 rings (SSSR count). The summed E-state index contributed by atoms with van der Waals surface area (Å²) in [5.41, 5.74) is 16.2. The van der Waals surface area contributed by atoms with Gasteiger partial charge < -0.3 is 4.90 Å². The van der Waals surface area contributed by atoms with Gasteiger partial charge in [-0.15, -0.1) is 11.3 Å². The maximum Gasteiger partial charge on any atom is 0.260 e. The molecule has 0 spiro atoms. The largest absolute Gasteiger partial charge is 0.310 e. The molecule has 6 aromatic carbocycles. The quantitative estimate of drug-likeness (QED) is 0.170. The molecule has 3 aliphatic rings. The summed E-state index contributed by atoms with van der Waals surface area (Å²) in [4.78, 5) is 2.58. The van der Waals surface area contributed by atoms with Crippen molar-refractivity contribution in [2.45, 2.75) is 57.3 Å². The zero-order valence-electron chi connectivity index (χ0n) is 29.4. The lowest BCUT2D eigenvalue weighted by Crippen LogP contribution is -2.64. The molecule has 1 aliphatic carbocycles.